The topological polar surface area (TPSA) is 65.9 Å². The van der Waals surface area contributed by atoms with Gasteiger partial charge in [0.15, 0.2) is 5.96 Å². The van der Waals surface area contributed by atoms with Gasteiger partial charge in [0.25, 0.3) is 0 Å². The van der Waals surface area contributed by atoms with Crippen LogP contribution >= 0.6 is 35.3 Å². The fourth-order valence-corrected chi connectivity index (χ4v) is 3.79. The van der Waals surface area contributed by atoms with Crippen molar-refractivity contribution < 1.29 is 9.84 Å². The van der Waals surface area contributed by atoms with E-state index in [9.17, 15) is 5.11 Å². The van der Waals surface area contributed by atoms with Gasteiger partial charge in [-0.15, -0.1) is 24.0 Å². The smallest absolute Gasteiger partial charge is 0.191 e. The molecule has 24 heavy (non-hydrogen) atoms. The van der Waals surface area contributed by atoms with Gasteiger partial charge in [-0.2, -0.15) is 11.3 Å². The first-order valence-corrected chi connectivity index (χ1v) is 8.88. The van der Waals surface area contributed by atoms with E-state index < -0.39 is 5.60 Å². The summed E-state index contributed by atoms with van der Waals surface area (Å²) in [5.74, 6) is 0.705. The lowest BCUT2D eigenvalue weighted by molar-refractivity contribution is -0.176. The van der Waals surface area contributed by atoms with E-state index in [1.807, 2.05) is 23.8 Å². The van der Waals surface area contributed by atoms with Crippen molar-refractivity contribution in [3.63, 3.8) is 0 Å². The van der Waals surface area contributed by atoms with E-state index in [0.717, 1.165) is 12.0 Å². The van der Waals surface area contributed by atoms with Crippen LogP contribution in [0.5, 0.6) is 0 Å². The number of ether oxygens (including phenoxy) is 1. The first kappa shape index (κ1) is 21.7. The van der Waals surface area contributed by atoms with Crippen LogP contribution in [0.15, 0.2) is 21.8 Å². The normalized spacial score (nSPS) is 28.3. The molecule has 3 atom stereocenters. The number of thiophene rings is 1. The second kappa shape index (κ2) is 7.88. The molecule has 0 spiro atoms. The Bertz CT molecular complexity index is 560. The van der Waals surface area contributed by atoms with Crippen molar-refractivity contribution in [1.82, 2.24) is 10.6 Å². The molecule has 3 N–H and O–H groups in total. The molecule has 1 aromatic rings. The predicted molar refractivity (Wildman–Crippen MR) is 111 cm³/mol. The number of rotatable bonds is 5. The Balaban J connectivity index is 0.00000288. The second-order valence-corrected chi connectivity index (χ2v) is 8.05. The zero-order chi connectivity index (χ0) is 17.3. The highest BCUT2D eigenvalue weighted by molar-refractivity contribution is 14.0. The number of halogens is 1. The van der Waals surface area contributed by atoms with Gasteiger partial charge < -0.3 is 20.5 Å². The van der Waals surface area contributed by atoms with Crippen molar-refractivity contribution >= 4 is 41.3 Å². The number of aliphatic imine (C=N–C) groups is 1. The second-order valence-electron chi connectivity index (χ2n) is 7.27. The van der Waals surface area contributed by atoms with Gasteiger partial charge in [0.05, 0.1) is 12.1 Å². The molecule has 1 fully saturated rings. The number of methoxy groups -OCH3 is 1. The number of hydrogen-bond acceptors (Lipinski definition) is 4. The molecular weight excluding hydrogens is 437 g/mol. The van der Waals surface area contributed by atoms with Crippen LogP contribution < -0.4 is 10.6 Å². The highest BCUT2D eigenvalue weighted by Gasteiger charge is 2.58. The van der Waals surface area contributed by atoms with E-state index in [1.54, 1.807) is 25.5 Å². The number of aliphatic hydroxyl groups is 1. The monoisotopic (exact) mass is 467 g/mol. The van der Waals surface area contributed by atoms with Crippen LogP contribution in [-0.2, 0) is 10.3 Å². The molecule has 1 saturated carbocycles. The minimum Gasteiger partial charge on any atom is -0.384 e. The fourth-order valence-electron chi connectivity index (χ4n) is 3.01. The molecule has 0 radical (unpaired) electrons. The van der Waals surface area contributed by atoms with Crippen molar-refractivity contribution in [1.29, 1.82) is 0 Å². The van der Waals surface area contributed by atoms with Crippen molar-refractivity contribution in [2.45, 2.75) is 51.4 Å². The Hall–Kier alpha value is -0.380. The fraction of sp³-hybridized carbons (Fsp3) is 0.706. The van der Waals surface area contributed by atoms with Gasteiger partial charge in [-0.25, -0.2) is 0 Å². The maximum Gasteiger partial charge on any atom is 0.191 e. The Morgan fingerprint density at radius 2 is 2.17 bits per heavy atom. The van der Waals surface area contributed by atoms with Gasteiger partial charge in [-0.3, -0.25) is 4.99 Å². The summed E-state index contributed by atoms with van der Waals surface area (Å²) in [6.07, 6.45) is 0.929. The average molecular weight is 467 g/mol. The SMILES string of the molecule is CN=C(NCC(C)(O)c1ccsc1)NC1CC(C)(OC)C1(C)C.I. The third-order valence-corrected chi connectivity index (χ3v) is 6.24. The average Bonchev–Trinajstić information content (AvgIpc) is 3.05. The molecule has 138 valence electrons. The Kier molecular flexibility index (Phi) is 7.12. The Morgan fingerprint density at radius 3 is 2.62 bits per heavy atom. The van der Waals surface area contributed by atoms with Crippen LogP contribution in [0, 0.1) is 5.41 Å². The van der Waals surface area contributed by atoms with Crippen molar-refractivity contribution in [2.24, 2.45) is 10.4 Å². The molecule has 0 bridgehead atoms. The van der Waals surface area contributed by atoms with Crippen molar-refractivity contribution in [3.8, 4) is 0 Å². The van der Waals surface area contributed by atoms with Crippen molar-refractivity contribution in [3.05, 3.63) is 22.4 Å². The highest BCUT2D eigenvalue weighted by Crippen LogP contribution is 2.51. The van der Waals surface area contributed by atoms with Crippen molar-refractivity contribution in [2.75, 3.05) is 20.7 Å². The number of nitrogens with zero attached hydrogens (tertiary/aromatic N) is 1. The first-order valence-electron chi connectivity index (χ1n) is 7.94. The summed E-state index contributed by atoms with van der Waals surface area (Å²) >= 11 is 1.58. The van der Waals surface area contributed by atoms with Crippen LogP contribution in [0.1, 0.15) is 39.7 Å². The van der Waals surface area contributed by atoms with Gasteiger partial charge in [0, 0.05) is 25.6 Å². The van der Waals surface area contributed by atoms with Crippen LogP contribution in [0.3, 0.4) is 0 Å². The summed E-state index contributed by atoms with van der Waals surface area (Å²) in [6.45, 7) is 8.75. The molecule has 5 nitrogen and oxygen atoms in total. The summed E-state index contributed by atoms with van der Waals surface area (Å²) in [6, 6.07) is 2.23. The number of hydrogen-bond donors (Lipinski definition) is 3. The molecule has 1 aromatic heterocycles. The van der Waals surface area contributed by atoms with Crippen LogP contribution in [0.25, 0.3) is 0 Å². The molecule has 7 heteroatoms. The van der Waals surface area contributed by atoms with E-state index in [2.05, 4.69) is 36.4 Å². The van der Waals surface area contributed by atoms with Crippen LogP contribution in [0.4, 0.5) is 0 Å². The molecule has 2 rings (SSSR count). The van der Waals surface area contributed by atoms with Crippen LogP contribution in [-0.4, -0.2) is 43.4 Å². The Labute approximate surface area is 166 Å². The summed E-state index contributed by atoms with van der Waals surface area (Å²) in [4.78, 5) is 4.28. The van der Waals surface area contributed by atoms with Gasteiger partial charge in [-0.05, 0) is 42.7 Å². The number of nitrogens with one attached hydrogen (secondary N) is 2. The molecule has 1 aliphatic carbocycles. The molecule has 0 saturated heterocycles. The lowest BCUT2D eigenvalue weighted by Gasteiger charge is -2.59. The third-order valence-electron chi connectivity index (χ3n) is 5.56. The van der Waals surface area contributed by atoms with Crippen LogP contribution in [0.2, 0.25) is 0 Å². The minimum absolute atomic E-state index is 0. The first-order chi connectivity index (χ1) is 10.7. The summed E-state index contributed by atoms with van der Waals surface area (Å²) in [5.41, 5.74) is -0.115. The van der Waals surface area contributed by atoms with E-state index in [1.165, 1.54) is 0 Å². The quantitative estimate of drug-likeness (QED) is 0.354. The zero-order valence-corrected chi connectivity index (χ0v) is 18.5. The largest absolute Gasteiger partial charge is 0.384 e. The lowest BCUT2D eigenvalue weighted by atomic mass is 9.56. The summed E-state index contributed by atoms with van der Waals surface area (Å²) < 4.78 is 5.66. The molecule has 3 unspecified atom stereocenters. The van der Waals surface area contributed by atoms with Gasteiger partial charge >= 0.3 is 0 Å². The molecular formula is C17H30IN3O2S. The lowest BCUT2D eigenvalue weighted by Crippen LogP contribution is -2.69. The van der Waals surface area contributed by atoms with Gasteiger partial charge in [0.2, 0.25) is 0 Å². The van der Waals surface area contributed by atoms with E-state index >= 15 is 0 Å². The Morgan fingerprint density at radius 1 is 1.50 bits per heavy atom. The minimum atomic E-state index is -0.923. The molecule has 0 aliphatic heterocycles. The maximum absolute atomic E-state index is 10.6. The zero-order valence-electron chi connectivity index (χ0n) is 15.3. The van der Waals surface area contributed by atoms with E-state index in [4.69, 9.17) is 4.74 Å². The van der Waals surface area contributed by atoms with Gasteiger partial charge in [-0.1, -0.05) is 13.8 Å². The summed E-state index contributed by atoms with van der Waals surface area (Å²) in [7, 11) is 3.51. The summed E-state index contributed by atoms with van der Waals surface area (Å²) in [5, 5.41) is 21.2. The molecule has 0 aromatic carbocycles. The number of guanidine groups is 1. The molecule has 1 heterocycles. The predicted octanol–water partition coefficient (Wildman–Crippen LogP) is 2.94. The maximum atomic E-state index is 10.6. The van der Waals surface area contributed by atoms with E-state index in [0.29, 0.717) is 12.5 Å². The third kappa shape index (κ3) is 4.05. The van der Waals surface area contributed by atoms with Gasteiger partial charge in [0.1, 0.15) is 5.60 Å². The molecule has 0 amide bonds. The molecule has 1 aliphatic rings. The standard InChI is InChI=1S/C17H29N3O2S.HI/c1-15(2)13(9-17(15,4)22-6)20-14(18-5)19-11-16(3,21)12-7-8-23-10-12;/h7-8,10,13,21H,9,11H2,1-6H3,(H2,18,19,20);1H. The van der Waals surface area contributed by atoms with E-state index in [-0.39, 0.29) is 41.0 Å². The highest BCUT2D eigenvalue weighted by atomic mass is 127.